The number of aromatic nitrogens is 2. The first-order chi connectivity index (χ1) is 10.8. The van der Waals surface area contributed by atoms with Crippen molar-refractivity contribution in [2.45, 2.75) is 25.7 Å². The summed E-state index contributed by atoms with van der Waals surface area (Å²) in [5.74, 6) is 0.0117. The Hall–Kier alpha value is -1.79. The van der Waals surface area contributed by atoms with Crippen LogP contribution in [-0.4, -0.2) is 36.1 Å². The monoisotopic (exact) mass is 319 g/mol. The van der Waals surface area contributed by atoms with E-state index in [0.717, 1.165) is 35.7 Å². The average molecular weight is 319 g/mol. The third-order valence-corrected chi connectivity index (χ3v) is 4.07. The summed E-state index contributed by atoms with van der Waals surface area (Å²) in [5.41, 5.74) is 1.90. The molecule has 2 heterocycles. The molecule has 2 aromatic heterocycles. The van der Waals surface area contributed by atoms with E-state index in [1.807, 2.05) is 23.6 Å². The second kappa shape index (κ2) is 9.27. The quantitative estimate of drug-likeness (QED) is 0.718. The van der Waals surface area contributed by atoms with Crippen molar-refractivity contribution in [3.05, 3.63) is 46.2 Å². The van der Waals surface area contributed by atoms with E-state index in [2.05, 4.69) is 15.3 Å². The zero-order chi connectivity index (χ0) is 15.6. The van der Waals surface area contributed by atoms with Crippen LogP contribution in [0.1, 0.15) is 22.8 Å². The van der Waals surface area contributed by atoms with Gasteiger partial charge in [-0.1, -0.05) is 6.07 Å². The number of thiazole rings is 1. The lowest BCUT2D eigenvalue weighted by Crippen LogP contribution is -2.26. The van der Waals surface area contributed by atoms with Crippen LogP contribution in [0.15, 0.2) is 29.8 Å². The predicted molar refractivity (Wildman–Crippen MR) is 87.0 cm³/mol. The van der Waals surface area contributed by atoms with Gasteiger partial charge in [-0.2, -0.15) is 0 Å². The van der Waals surface area contributed by atoms with Crippen molar-refractivity contribution in [3.63, 3.8) is 0 Å². The van der Waals surface area contributed by atoms with Crippen molar-refractivity contribution in [3.8, 4) is 0 Å². The zero-order valence-corrected chi connectivity index (χ0v) is 13.6. The van der Waals surface area contributed by atoms with Crippen LogP contribution in [0.2, 0.25) is 0 Å². The van der Waals surface area contributed by atoms with E-state index in [0.29, 0.717) is 19.6 Å². The maximum Gasteiger partial charge on any atom is 0.226 e. The van der Waals surface area contributed by atoms with Crippen molar-refractivity contribution in [1.29, 1.82) is 0 Å². The Bertz CT molecular complexity index is 572. The SMILES string of the molecule is COCCCNC(=O)Cc1csc(CCc2ccccn2)n1. The van der Waals surface area contributed by atoms with E-state index in [1.165, 1.54) is 0 Å². The smallest absolute Gasteiger partial charge is 0.226 e. The number of nitrogens with one attached hydrogen (secondary N) is 1. The molecule has 0 radical (unpaired) electrons. The first-order valence-corrected chi connectivity index (χ1v) is 8.24. The summed E-state index contributed by atoms with van der Waals surface area (Å²) < 4.78 is 4.94. The van der Waals surface area contributed by atoms with Gasteiger partial charge in [-0.15, -0.1) is 11.3 Å². The molecular formula is C16H21N3O2S. The van der Waals surface area contributed by atoms with E-state index >= 15 is 0 Å². The second-order valence-electron chi connectivity index (χ2n) is 4.93. The van der Waals surface area contributed by atoms with Gasteiger partial charge < -0.3 is 10.1 Å². The van der Waals surface area contributed by atoms with Crippen LogP contribution in [0.3, 0.4) is 0 Å². The van der Waals surface area contributed by atoms with Crippen LogP contribution in [-0.2, 0) is 28.8 Å². The molecule has 0 saturated heterocycles. The molecule has 5 nitrogen and oxygen atoms in total. The number of carbonyl (C=O) groups excluding carboxylic acids is 1. The number of hydrogen-bond donors (Lipinski definition) is 1. The topological polar surface area (TPSA) is 64.1 Å². The summed E-state index contributed by atoms with van der Waals surface area (Å²) in [7, 11) is 1.66. The fourth-order valence-corrected chi connectivity index (χ4v) is 2.80. The Kier molecular flexibility index (Phi) is 6.99. The Balaban J connectivity index is 1.73. The first-order valence-electron chi connectivity index (χ1n) is 7.37. The molecule has 2 rings (SSSR count). The van der Waals surface area contributed by atoms with Crippen LogP contribution in [0.4, 0.5) is 0 Å². The van der Waals surface area contributed by atoms with Gasteiger partial charge in [0, 0.05) is 44.0 Å². The molecule has 0 spiro atoms. The molecule has 1 N–H and O–H groups in total. The van der Waals surface area contributed by atoms with Crippen molar-refractivity contribution >= 4 is 17.2 Å². The lowest BCUT2D eigenvalue weighted by Gasteiger charge is -2.03. The standard InChI is InChI=1S/C16H21N3O2S/c1-21-10-4-9-18-15(20)11-14-12-22-16(19-14)7-6-13-5-2-3-8-17-13/h2-3,5,8,12H,4,6-7,9-11H2,1H3,(H,18,20). The number of amides is 1. The van der Waals surface area contributed by atoms with Gasteiger partial charge in [-0.3, -0.25) is 9.78 Å². The Morgan fingerprint density at radius 3 is 3.00 bits per heavy atom. The Labute approximate surface area is 134 Å². The minimum atomic E-state index is 0.0117. The molecule has 0 unspecified atom stereocenters. The number of ether oxygens (including phenoxy) is 1. The van der Waals surface area contributed by atoms with E-state index in [4.69, 9.17) is 4.74 Å². The second-order valence-corrected chi connectivity index (χ2v) is 5.87. The van der Waals surface area contributed by atoms with Crippen LogP contribution in [0, 0.1) is 0 Å². The molecule has 0 bridgehead atoms. The van der Waals surface area contributed by atoms with Gasteiger partial charge in [-0.25, -0.2) is 4.98 Å². The maximum atomic E-state index is 11.8. The van der Waals surface area contributed by atoms with Gasteiger partial charge in [-0.05, 0) is 25.0 Å². The molecule has 0 aromatic carbocycles. The summed E-state index contributed by atoms with van der Waals surface area (Å²) in [4.78, 5) is 20.6. The number of aryl methyl sites for hydroxylation is 2. The lowest BCUT2D eigenvalue weighted by molar-refractivity contribution is -0.120. The van der Waals surface area contributed by atoms with E-state index < -0.39 is 0 Å². The number of rotatable bonds is 9. The summed E-state index contributed by atoms with van der Waals surface area (Å²) in [6.07, 6.45) is 4.70. The molecule has 0 saturated carbocycles. The molecule has 1 amide bonds. The van der Waals surface area contributed by atoms with Crippen molar-refractivity contribution in [1.82, 2.24) is 15.3 Å². The molecule has 118 valence electrons. The zero-order valence-electron chi connectivity index (χ0n) is 12.7. The summed E-state index contributed by atoms with van der Waals surface area (Å²) >= 11 is 1.60. The van der Waals surface area contributed by atoms with Crippen LogP contribution in [0.5, 0.6) is 0 Å². The lowest BCUT2D eigenvalue weighted by atomic mass is 10.2. The number of pyridine rings is 1. The molecule has 6 heteroatoms. The number of methoxy groups -OCH3 is 1. The van der Waals surface area contributed by atoms with Gasteiger partial charge in [0.15, 0.2) is 0 Å². The molecule has 2 aromatic rings. The van der Waals surface area contributed by atoms with Gasteiger partial charge in [0.05, 0.1) is 17.1 Å². The van der Waals surface area contributed by atoms with Gasteiger partial charge in [0.25, 0.3) is 0 Å². The minimum Gasteiger partial charge on any atom is -0.385 e. The van der Waals surface area contributed by atoms with E-state index in [1.54, 1.807) is 24.6 Å². The summed E-state index contributed by atoms with van der Waals surface area (Å²) in [6.45, 7) is 1.30. The summed E-state index contributed by atoms with van der Waals surface area (Å²) in [6, 6.07) is 5.92. The summed E-state index contributed by atoms with van der Waals surface area (Å²) in [5, 5.41) is 5.88. The largest absolute Gasteiger partial charge is 0.385 e. The van der Waals surface area contributed by atoms with Crippen molar-refractivity contribution in [2.24, 2.45) is 0 Å². The van der Waals surface area contributed by atoms with Crippen LogP contribution < -0.4 is 5.32 Å². The van der Waals surface area contributed by atoms with Crippen LogP contribution in [0.25, 0.3) is 0 Å². The predicted octanol–water partition coefficient (Wildman–Crippen LogP) is 2.02. The molecule has 0 aliphatic rings. The molecular weight excluding hydrogens is 298 g/mol. The van der Waals surface area contributed by atoms with E-state index in [-0.39, 0.29) is 5.91 Å². The number of nitrogens with zero attached hydrogens (tertiary/aromatic N) is 2. The van der Waals surface area contributed by atoms with E-state index in [9.17, 15) is 4.79 Å². The van der Waals surface area contributed by atoms with Gasteiger partial charge >= 0.3 is 0 Å². The fraction of sp³-hybridized carbons (Fsp3) is 0.438. The Morgan fingerprint density at radius 1 is 1.32 bits per heavy atom. The first kappa shape index (κ1) is 16.6. The molecule has 22 heavy (non-hydrogen) atoms. The highest BCUT2D eigenvalue weighted by Crippen LogP contribution is 2.13. The highest BCUT2D eigenvalue weighted by Gasteiger charge is 2.07. The third-order valence-electron chi connectivity index (χ3n) is 3.11. The molecule has 0 aliphatic carbocycles. The fourth-order valence-electron chi connectivity index (χ4n) is 2.00. The highest BCUT2D eigenvalue weighted by molar-refractivity contribution is 7.09. The van der Waals surface area contributed by atoms with Gasteiger partial charge in [0.1, 0.15) is 0 Å². The maximum absolute atomic E-state index is 11.8. The minimum absolute atomic E-state index is 0.0117. The molecule has 0 fully saturated rings. The van der Waals surface area contributed by atoms with Crippen molar-refractivity contribution in [2.75, 3.05) is 20.3 Å². The number of hydrogen-bond acceptors (Lipinski definition) is 5. The molecule has 0 atom stereocenters. The van der Waals surface area contributed by atoms with Crippen molar-refractivity contribution < 1.29 is 9.53 Å². The van der Waals surface area contributed by atoms with Crippen LogP contribution >= 0.6 is 11.3 Å². The molecule has 0 aliphatic heterocycles. The van der Waals surface area contributed by atoms with Gasteiger partial charge in [0.2, 0.25) is 5.91 Å². The normalized spacial score (nSPS) is 10.6. The Morgan fingerprint density at radius 2 is 2.23 bits per heavy atom. The third kappa shape index (κ3) is 5.91. The average Bonchev–Trinajstić information content (AvgIpc) is 2.98. The number of carbonyl (C=O) groups is 1. The highest BCUT2D eigenvalue weighted by atomic mass is 32.1.